The lowest BCUT2D eigenvalue weighted by molar-refractivity contribution is -0.0515. The molecule has 0 unspecified atom stereocenters. The highest BCUT2D eigenvalue weighted by Gasteiger charge is 2.58. The average Bonchev–Trinajstić information content (AvgIpc) is 2.38. The van der Waals surface area contributed by atoms with Crippen molar-refractivity contribution in [3.63, 3.8) is 0 Å². The van der Waals surface area contributed by atoms with Crippen molar-refractivity contribution in [3.8, 4) is 0 Å². The summed E-state index contributed by atoms with van der Waals surface area (Å²) in [5.74, 6) is 1.94. The summed E-state index contributed by atoms with van der Waals surface area (Å²) >= 11 is 0. The molecule has 0 amide bonds. The summed E-state index contributed by atoms with van der Waals surface area (Å²) in [6.45, 7) is 11.8. The zero-order chi connectivity index (χ0) is 12.1. The number of hydrogen-bond acceptors (Lipinski definition) is 1. The molecule has 16 heavy (non-hydrogen) atoms. The van der Waals surface area contributed by atoms with Gasteiger partial charge < -0.3 is 5.11 Å². The maximum Gasteiger partial charge on any atom is 0.0581 e. The first-order valence-electron chi connectivity index (χ1n) is 6.97. The second kappa shape index (κ2) is 3.73. The van der Waals surface area contributed by atoms with Gasteiger partial charge in [-0.05, 0) is 47.8 Å². The van der Waals surface area contributed by atoms with E-state index in [0.717, 1.165) is 6.42 Å². The summed E-state index contributed by atoms with van der Waals surface area (Å²) in [6, 6.07) is 0. The van der Waals surface area contributed by atoms with Crippen LogP contribution < -0.4 is 0 Å². The van der Waals surface area contributed by atoms with E-state index >= 15 is 0 Å². The number of aliphatic hydroxyl groups is 1. The number of hydrogen-bond donors (Lipinski definition) is 1. The van der Waals surface area contributed by atoms with Gasteiger partial charge in [0.15, 0.2) is 0 Å². The summed E-state index contributed by atoms with van der Waals surface area (Å²) < 4.78 is 0. The van der Waals surface area contributed by atoms with Gasteiger partial charge >= 0.3 is 0 Å². The van der Waals surface area contributed by atoms with E-state index in [9.17, 15) is 5.11 Å². The largest absolute Gasteiger partial charge is 0.393 e. The van der Waals surface area contributed by atoms with Crippen molar-refractivity contribution >= 4 is 0 Å². The van der Waals surface area contributed by atoms with Gasteiger partial charge in [-0.1, -0.05) is 41.0 Å². The molecule has 0 aromatic rings. The van der Waals surface area contributed by atoms with E-state index in [0.29, 0.717) is 28.6 Å². The molecule has 0 aliphatic heterocycles. The number of rotatable bonds is 1. The molecule has 0 aromatic heterocycles. The lowest BCUT2D eigenvalue weighted by Crippen LogP contribution is -2.45. The molecule has 1 nitrogen and oxygen atoms in total. The van der Waals surface area contributed by atoms with Gasteiger partial charge in [-0.3, -0.25) is 0 Å². The fraction of sp³-hybridized carbons (Fsp3) is 1.00. The molecule has 1 heteroatoms. The molecule has 2 rings (SSSR count). The fourth-order valence-corrected chi connectivity index (χ4v) is 5.20. The third-order valence-corrected chi connectivity index (χ3v) is 5.62. The smallest absolute Gasteiger partial charge is 0.0581 e. The minimum Gasteiger partial charge on any atom is -0.393 e. The Morgan fingerprint density at radius 3 is 2.31 bits per heavy atom. The molecule has 0 aromatic carbocycles. The highest BCUT2D eigenvalue weighted by Crippen LogP contribution is 2.63. The van der Waals surface area contributed by atoms with Crippen molar-refractivity contribution in [2.45, 2.75) is 66.4 Å². The van der Waals surface area contributed by atoms with Gasteiger partial charge in [0.1, 0.15) is 0 Å². The zero-order valence-corrected chi connectivity index (χ0v) is 11.6. The Kier molecular flexibility index (Phi) is 2.89. The third kappa shape index (κ3) is 1.63. The van der Waals surface area contributed by atoms with Gasteiger partial charge in [-0.25, -0.2) is 0 Å². The predicted molar refractivity (Wildman–Crippen MR) is 68.2 cm³/mol. The van der Waals surface area contributed by atoms with Crippen molar-refractivity contribution in [3.05, 3.63) is 0 Å². The molecule has 94 valence electrons. The van der Waals surface area contributed by atoms with Crippen molar-refractivity contribution in [1.82, 2.24) is 0 Å². The van der Waals surface area contributed by atoms with E-state index in [1.165, 1.54) is 19.3 Å². The van der Waals surface area contributed by atoms with Crippen LogP contribution in [0.2, 0.25) is 0 Å². The van der Waals surface area contributed by atoms with Gasteiger partial charge in [0.2, 0.25) is 0 Å². The Balaban J connectivity index is 2.35. The van der Waals surface area contributed by atoms with Crippen LogP contribution in [0.4, 0.5) is 0 Å². The van der Waals surface area contributed by atoms with Crippen LogP contribution in [0.15, 0.2) is 0 Å². The second-order valence-corrected chi connectivity index (χ2v) is 7.48. The van der Waals surface area contributed by atoms with E-state index in [-0.39, 0.29) is 6.10 Å². The van der Waals surface area contributed by atoms with Crippen LogP contribution in [0, 0.1) is 28.6 Å². The van der Waals surface area contributed by atoms with E-state index in [4.69, 9.17) is 0 Å². The van der Waals surface area contributed by atoms with E-state index in [2.05, 4.69) is 34.6 Å². The summed E-state index contributed by atoms with van der Waals surface area (Å²) in [7, 11) is 0. The van der Waals surface area contributed by atoms with Crippen LogP contribution in [-0.2, 0) is 0 Å². The van der Waals surface area contributed by atoms with Crippen molar-refractivity contribution in [2.75, 3.05) is 0 Å². The lowest BCUT2D eigenvalue weighted by atomic mass is 9.54. The summed E-state index contributed by atoms with van der Waals surface area (Å²) in [5, 5.41) is 10.4. The van der Waals surface area contributed by atoms with Crippen LogP contribution in [-0.4, -0.2) is 11.2 Å². The first-order chi connectivity index (χ1) is 7.29. The van der Waals surface area contributed by atoms with Gasteiger partial charge in [0.25, 0.3) is 0 Å². The highest BCUT2D eigenvalue weighted by molar-refractivity contribution is 5.07. The van der Waals surface area contributed by atoms with Crippen molar-refractivity contribution in [2.24, 2.45) is 28.6 Å². The molecule has 1 N–H and O–H groups in total. The maximum absolute atomic E-state index is 10.4. The summed E-state index contributed by atoms with van der Waals surface area (Å²) in [6.07, 6.45) is 4.92. The zero-order valence-electron chi connectivity index (χ0n) is 11.6. The first kappa shape index (κ1) is 12.4. The van der Waals surface area contributed by atoms with Gasteiger partial charge in [0.05, 0.1) is 6.10 Å². The SMILES string of the molecule is CC(C)[C@@H]1C[C@@H](O)[C@H]2C(C)(C)CCC[C@@]12C. The molecule has 4 atom stereocenters. The van der Waals surface area contributed by atoms with Crippen LogP contribution >= 0.6 is 0 Å². The van der Waals surface area contributed by atoms with E-state index in [1.807, 2.05) is 0 Å². The normalized spacial score (nSPS) is 47.1. The van der Waals surface area contributed by atoms with Crippen LogP contribution in [0.1, 0.15) is 60.3 Å². The number of fused-ring (bicyclic) bond motifs is 1. The highest BCUT2D eigenvalue weighted by atomic mass is 16.3. The monoisotopic (exact) mass is 224 g/mol. The van der Waals surface area contributed by atoms with Gasteiger partial charge in [0, 0.05) is 0 Å². The van der Waals surface area contributed by atoms with Gasteiger partial charge in [-0.15, -0.1) is 0 Å². The molecule has 0 bridgehead atoms. The Hall–Kier alpha value is -0.0400. The molecule has 2 aliphatic carbocycles. The molecular weight excluding hydrogens is 196 g/mol. The first-order valence-corrected chi connectivity index (χ1v) is 6.97. The fourth-order valence-electron chi connectivity index (χ4n) is 5.20. The van der Waals surface area contributed by atoms with E-state index in [1.54, 1.807) is 0 Å². The average molecular weight is 224 g/mol. The molecule has 0 heterocycles. The lowest BCUT2D eigenvalue weighted by Gasteiger charge is -2.51. The molecular formula is C15H28O. The number of aliphatic hydroxyl groups excluding tert-OH is 1. The standard InChI is InChI=1S/C15H28O/c1-10(2)11-9-12(16)13-14(3,4)7-6-8-15(11,13)5/h10-13,16H,6-9H2,1-5H3/t11-,12+,13-,15-/m0/s1. The minimum atomic E-state index is -0.0623. The molecule has 0 radical (unpaired) electrons. The maximum atomic E-state index is 10.4. The summed E-state index contributed by atoms with van der Waals surface area (Å²) in [4.78, 5) is 0. The Morgan fingerprint density at radius 2 is 1.75 bits per heavy atom. The van der Waals surface area contributed by atoms with Gasteiger partial charge in [-0.2, -0.15) is 0 Å². The minimum absolute atomic E-state index is 0.0623. The van der Waals surface area contributed by atoms with Crippen molar-refractivity contribution < 1.29 is 5.11 Å². The third-order valence-electron chi connectivity index (χ3n) is 5.62. The molecule has 0 saturated heterocycles. The topological polar surface area (TPSA) is 20.2 Å². The molecule has 2 fully saturated rings. The van der Waals surface area contributed by atoms with Crippen LogP contribution in [0.25, 0.3) is 0 Å². The Labute approximate surface area is 101 Å². The molecule has 0 spiro atoms. The summed E-state index contributed by atoms with van der Waals surface area (Å²) in [5.41, 5.74) is 0.714. The van der Waals surface area contributed by atoms with Crippen LogP contribution in [0.3, 0.4) is 0 Å². The van der Waals surface area contributed by atoms with E-state index < -0.39 is 0 Å². The second-order valence-electron chi connectivity index (χ2n) is 7.48. The molecule has 2 aliphatic rings. The van der Waals surface area contributed by atoms with Crippen molar-refractivity contribution in [1.29, 1.82) is 0 Å². The Morgan fingerprint density at radius 1 is 1.12 bits per heavy atom. The predicted octanol–water partition coefficient (Wildman–Crippen LogP) is 3.86. The quantitative estimate of drug-likeness (QED) is 0.717. The van der Waals surface area contributed by atoms with Crippen LogP contribution in [0.5, 0.6) is 0 Å². The Bertz CT molecular complexity index is 269. The molecule has 2 saturated carbocycles.